The van der Waals surface area contributed by atoms with Gasteiger partial charge < -0.3 is 10.0 Å². The fourth-order valence-corrected chi connectivity index (χ4v) is 2.48. The molecule has 1 aliphatic heterocycles. The SMILES string of the molecule is CC1(C)CCCN(c2cccnc2C(=O)O)CC1. The minimum absolute atomic E-state index is 0.164. The lowest BCUT2D eigenvalue weighted by Crippen LogP contribution is -2.27. The molecule has 0 aromatic carbocycles. The average Bonchev–Trinajstić information content (AvgIpc) is 2.50. The lowest BCUT2D eigenvalue weighted by molar-refractivity contribution is 0.0691. The van der Waals surface area contributed by atoms with Crippen LogP contribution in [0.5, 0.6) is 0 Å². The first-order valence-electron chi connectivity index (χ1n) is 6.43. The number of anilines is 1. The average molecular weight is 248 g/mol. The Balaban J connectivity index is 2.24. The summed E-state index contributed by atoms with van der Waals surface area (Å²) in [5, 5.41) is 9.18. The van der Waals surface area contributed by atoms with Crippen LogP contribution in [0.1, 0.15) is 43.6 Å². The number of carboxylic acids is 1. The highest BCUT2D eigenvalue weighted by Crippen LogP contribution is 2.32. The van der Waals surface area contributed by atoms with Gasteiger partial charge in [0.15, 0.2) is 5.69 Å². The lowest BCUT2D eigenvalue weighted by Gasteiger charge is -2.25. The molecule has 1 aromatic heterocycles. The molecule has 18 heavy (non-hydrogen) atoms. The Hall–Kier alpha value is -1.58. The van der Waals surface area contributed by atoms with Gasteiger partial charge in [0.05, 0.1) is 5.69 Å². The van der Waals surface area contributed by atoms with E-state index in [0.29, 0.717) is 5.41 Å². The summed E-state index contributed by atoms with van der Waals surface area (Å²) in [6.45, 7) is 6.37. The molecular formula is C14H20N2O2. The number of carboxylic acid groups (broad SMARTS) is 1. The van der Waals surface area contributed by atoms with E-state index in [9.17, 15) is 9.90 Å². The summed E-state index contributed by atoms with van der Waals surface area (Å²) >= 11 is 0. The second-order valence-corrected chi connectivity index (χ2v) is 5.68. The van der Waals surface area contributed by atoms with Crippen molar-refractivity contribution in [2.24, 2.45) is 5.41 Å². The van der Waals surface area contributed by atoms with E-state index in [0.717, 1.165) is 31.6 Å². The number of hydrogen-bond donors (Lipinski definition) is 1. The van der Waals surface area contributed by atoms with Crippen LogP contribution >= 0.6 is 0 Å². The fourth-order valence-electron chi connectivity index (χ4n) is 2.48. The van der Waals surface area contributed by atoms with Crippen molar-refractivity contribution in [1.29, 1.82) is 0 Å². The molecule has 4 heteroatoms. The molecule has 98 valence electrons. The van der Waals surface area contributed by atoms with Gasteiger partial charge in [-0.05, 0) is 36.8 Å². The van der Waals surface area contributed by atoms with Gasteiger partial charge >= 0.3 is 5.97 Å². The molecule has 1 aliphatic rings. The maximum Gasteiger partial charge on any atom is 0.356 e. The van der Waals surface area contributed by atoms with E-state index in [1.165, 1.54) is 12.6 Å². The van der Waals surface area contributed by atoms with Gasteiger partial charge in [-0.2, -0.15) is 0 Å². The third-order valence-corrected chi connectivity index (χ3v) is 3.67. The van der Waals surface area contributed by atoms with E-state index in [-0.39, 0.29) is 5.69 Å². The van der Waals surface area contributed by atoms with E-state index in [2.05, 4.69) is 23.7 Å². The Morgan fingerprint density at radius 2 is 2.17 bits per heavy atom. The summed E-state index contributed by atoms with van der Waals surface area (Å²) in [5.74, 6) is -0.950. The van der Waals surface area contributed by atoms with Crippen LogP contribution in [0.15, 0.2) is 18.3 Å². The van der Waals surface area contributed by atoms with Gasteiger partial charge in [-0.3, -0.25) is 0 Å². The van der Waals surface area contributed by atoms with Crippen molar-refractivity contribution in [3.63, 3.8) is 0 Å². The molecule has 0 amide bonds. The minimum atomic E-state index is -0.950. The summed E-state index contributed by atoms with van der Waals surface area (Å²) in [5.41, 5.74) is 1.26. The van der Waals surface area contributed by atoms with E-state index in [4.69, 9.17) is 0 Å². The van der Waals surface area contributed by atoms with Crippen LogP contribution in [0.25, 0.3) is 0 Å². The van der Waals surface area contributed by atoms with Crippen LogP contribution in [-0.2, 0) is 0 Å². The van der Waals surface area contributed by atoms with Crippen molar-refractivity contribution in [2.75, 3.05) is 18.0 Å². The Labute approximate surface area is 108 Å². The first kappa shape index (κ1) is 12.9. The molecule has 4 nitrogen and oxygen atoms in total. The van der Waals surface area contributed by atoms with Crippen molar-refractivity contribution < 1.29 is 9.90 Å². The van der Waals surface area contributed by atoms with E-state index in [1.807, 2.05) is 6.07 Å². The van der Waals surface area contributed by atoms with E-state index in [1.54, 1.807) is 6.07 Å². The number of aromatic nitrogens is 1. The van der Waals surface area contributed by atoms with Gasteiger partial charge in [-0.1, -0.05) is 13.8 Å². The zero-order chi connectivity index (χ0) is 13.2. The molecule has 0 aliphatic carbocycles. The highest BCUT2D eigenvalue weighted by atomic mass is 16.4. The maximum atomic E-state index is 11.2. The van der Waals surface area contributed by atoms with Crippen molar-refractivity contribution >= 4 is 11.7 Å². The van der Waals surface area contributed by atoms with Gasteiger partial charge in [0.25, 0.3) is 0 Å². The molecule has 0 spiro atoms. The normalized spacial score (nSPS) is 19.3. The van der Waals surface area contributed by atoms with Crippen LogP contribution in [-0.4, -0.2) is 29.1 Å². The van der Waals surface area contributed by atoms with E-state index < -0.39 is 5.97 Å². The van der Waals surface area contributed by atoms with E-state index >= 15 is 0 Å². The number of rotatable bonds is 2. The first-order chi connectivity index (χ1) is 8.49. The number of pyridine rings is 1. The molecule has 2 heterocycles. The third-order valence-electron chi connectivity index (χ3n) is 3.67. The summed E-state index contributed by atoms with van der Waals surface area (Å²) in [6, 6.07) is 3.66. The minimum Gasteiger partial charge on any atom is -0.476 e. The van der Waals surface area contributed by atoms with Gasteiger partial charge in [-0.15, -0.1) is 0 Å². The van der Waals surface area contributed by atoms with Crippen LogP contribution < -0.4 is 4.90 Å². The summed E-state index contributed by atoms with van der Waals surface area (Å²) < 4.78 is 0. The van der Waals surface area contributed by atoms with Gasteiger partial charge in [0.2, 0.25) is 0 Å². The second-order valence-electron chi connectivity index (χ2n) is 5.68. The Morgan fingerprint density at radius 3 is 2.89 bits per heavy atom. The predicted octanol–water partition coefficient (Wildman–Crippen LogP) is 2.80. The number of nitrogens with zero attached hydrogens (tertiary/aromatic N) is 2. The predicted molar refractivity (Wildman–Crippen MR) is 71.0 cm³/mol. The third kappa shape index (κ3) is 2.81. The maximum absolute atomic E-state index is 11.2. The molecular weight excluding hydrogens is 228 g/mol. The molecule has 1 aromatic rings. The van der Waals surface area contributed by atoms with Crippen molar-refractivity contribution in [2.45, 2.75) is 33.1 Å². The fraction of sp³-hybridized carbons (Fsp3) is 0.571. The zero-order valence-electron chi connectivity index (χ0n) is 11.0. The van der Waals surface area contributed by atoms with Crippen LogP contribution in [0.3, 0.4) is 0 Å². The highest BCUT2D eigenvalue weighted by molar-refractivity contribution is 5.92. The second kappa shape index (κ2) is 4.96. The van der Waals surface area contributed by atoms with Crippen molar-refractivity contribution in [1.82, 2.24) is 4.98 Å². The summed E-state index contributed by atoms with van der Waals surface area (Å²) in [6.07, 6.45) is 4.91. The molecule has 0 saturated carbocycles. The van der Waals surface area contributed by atoms with Gasteiger partial charge in [0.1, 0.15) is 0 Å². The standard InChI is InChI=1S/C14H20N2O2/c1-14(2)6-4-9-16(10-7-14)11-5-3-8-15-12(11)13(17)18/h3,5,8H,4,6-7,9-10H2,1-2H3,(H,17,18). The quantitative estimate of drug-likeness (QED) is 0.874. The Morgan fingerprint density at radius 1 is 1.39 bits per heavy atom. The van der Waals surface area contributed by atoms with Crippen LogP contribution in [0, 0.1) is 5.41 Å². The van der Waals surface area contributed by atoms with Crippen LogP contribution in [0.4, 0.5) is 5.69 Å². The summed E-state index contributed by atoms with van der Waals surface area (Å²) in [4.78, 5) is 17.3. The van der Waals surface area contributed by atoms with Crippen LogP contribution in [0.2, 0.25) is 0 Å². The first-order valence-corrected chi connectivity index (χ1v) is 6.43. The Bertz CT molecular complexity index is 443. The van der Waals surface area contributed by atoms with Gasteiger partial charge in [-0.25, -0.2) is 9.78 Å². The molecule has 0 atom stereocenters. The molecule has 1 fully saturated rings. The van der Waals surface area contributed by atoms with Gasteiger partial charge in [0, 0.05) is 19.3 Å². The molecule has 2 rings (SSSR count). The molecule has 1 N–H and O–H groups in total. The highest BCUT2D eigenvalue weighted by Gasteiger charge is 2.25. The monoisotopic (exact) mass is 248 g/mol. The molecule has 0 unspecified atom stereocenters. The zero-order valence-corrected chi connectivity index (χ0v) is 11.0. The lowest BCUT2D eigenvalue weighted by atomic mass is 9.85. The molecule has 0 bridgehead atoms. The molecule has 1 saturated heterocycles. The topological polar surface area (TPSA) is 53.4 Å². The summed E-state index contributed by atoms with van der Waals surface area (Å²) in [7, 11) is 0. The number of aromatic carboxylic acids is 1. The number of hydrogen-bond acceptors (Lipinski definition) is 3. The largest absolute Gasteiger partial charge is 0.476 e. The smallest absolute Gasteiger partial charge is 0.356 e. The molecule has 0 radical (unpaired) electrons. The number of carbonyl (C=O) groups is 1. The van der Waals surface area contributed by atoms with Crippen molar-refractivity contribution in [3.05, 3.63) is 24.0 Å². The van der Waals surface area contributed by atoms with Crippen molar-refractivity contribution in [3.8, 4) is 0 Å². The Kier molecular flexibility index (Phi) is 3.55.